The summed E-state index contributed by atoms with van der Waals surface area (Å²) in [5, 5.41) is 22.2. The van der Waals surface area contributed by atoms with Gasteiger partial charge in [0.05, 0.1) is 12.2 Å². The summed E-state index contributed by atoms with van der Waals surface area (Å²) in [6, 6.07) is 0. The number of hydrogen-bond acceptors (Lipinski definition) is 2. The second-order valence-corrected chi connectivity index (χ2v) is 10.2. The lowest BCUT2D eigenvalue weighted by atomic mass is 9.70. The Morgan fingerprint density at radius 3 is 1.08 bits per heavy atom. The Hall–Kier alpha value is -0.0800. The van der Waals surface area contributed by atoms with Gasteiger partial charge in [-0.2, -0.15) is 0 Å². The molecule has 0 bridgehead atoms. The maximum absolute atomic E-state index is 11.1. The third-order valence-electron chi connectivity index (χ3n) is 7.43. The van der Waals surface area contributed by atoms with Crippen LogP contribution in [0.3, 0.4) is 0 Å². The summed E-state index contributed by atoms with van der Waals surface area (Å²) in [5.41, 5.74) is 0. The van der Waals surface area contributed by atoms with Crippen LogP contribution in [-0.2, 0) is 0 Å². The highest BCUT2D eigenvalue weighted by molar-refractivity contribution is 5.05. The average molecular weight is 339 g/mol. The van der Waals surface area contributed by atoms with Crippen molar-refractivity contribution in [2.24, 2.45) is 59.2 Å². The Balaban J connectivity index is 2.17. The van der Waals surface area contributed by atoms with Crippen molar-refractivity contribution in [1.82, 2.24) is 0 Å². The first-order valence-corrected chi connectivity index (χ1v) is 10.4. The SMILES string of the molecule is CC(C)C(C(C)C)[C@@H]1CC2C[C@H](C(C(C)C)C(C)C)C(O)C2C1O. The molecule has 2 fully saturated rings. The minimum absolute atomic E-state index is 0.111. The van der Waals surface area contributed by atoms with E-state index in [-0.39, 0.29) is 18.1 Å². The van der Waals surface area contributed by atoms with E-state index in [0.29, 0.717) is 53.3 Å². The van der Waals surface area contributed by atoms with Crippen LogP contribution in [0.15, 0.2) is 0 Å². The second kappa shape index (κ2) is 7.66. The maximum Gasteiger partial charge on any atom is 0.0626 e. The molecule has 2 rings (SSSR count). The lowest BCUT2D eigenvalue weighted by Crippen LogP contribution is -2.40. The van der Waals surface area contributed by atoms with Gasteiger partial charge in [-0.05, 0) is 66.1 Å². The highest BCUT2D eigenvalue weighted by Gasteiger charge is 2.56. The van der Waals surface area contributed by atoms with E-state index in [1.807, 2.05) is 0 Å². The Morgan fingerprint density at radius 2 is 0.875 bits per heavy atom. The van der Waals surface area contributed by atoms with Crippen LogP contribution in [0.5, 0.6) is 0 Å². The molecule has 2 nitrogen and oxygen atoms in total. The summed E-state index contributed by atoms with van der Waals surface area (Å²) >= 11 is 0. The lowest BCUT2D eigenvalue weighted by Gasteiger charge is -2.37. The van der Waals surface area contributed by atoms with E-state index < -0.39 is 0 Å². The van der Waals surface area contributed by atoms with Gasteiger partial charge in [-0.15, -0.1) is 0 Å². The molecule has 0 aromatic rings. The van der Waals surface area contributed by atoms with E-state index in [1.165, 1.54) is 0 Å². The zero-order valence-electron chi connectivity index (χ0n) is 17.2. The Labute approximate surface area is 150 Å². The van der Waals surface area contributed by atoms with Gasteiger partial charge in [0.15, 0.2) is 0 Å². The predicted octanol–water partition coefficient (Wildman–Crippen LogP) is 4.84. The van der Waals surface area contributed by atoms with Gasteiger partial charge in [0.25, 0.3) is 0 Å². The van der Waals surface area contributed by atoms with Gasteiger partial charge in [0.1, 0.15) is 0 Å². The predicted molar refractivity (Wildman–Crippen MR) is 102 cm³/mol. The molecule has 0 aromatic heterocycles. The van der Waals surface area contributed by atoms with Crippen molar-refractivity contribution in [2.75, 3.05) is 0 Å². The van der Waals surface area contributed by atoms with Crippen molar-refractivity contribution in [1.29, 1.82) is 0 Å². The molecule has 2 heteroatoms. The van der Waals surface area contributed by atoms with Gasteiger partial charge >= 0.3 is 0 Å². The Kier molecular flexibility index (Phi) is 6.46. The monoisotopic (exact) mass is 338 g/mol. The summed E-state index contributed by atoms with van der Waals surface area (Å²) in [6.07, 6.45) is 1.60. The molecule has 2 aliphatic rings. The van der Waals surface area contributed by atoms with Gasteiger partial charge in [0.2, 0.25) is 0 Å². The third kappa shape index (κ3) is 3.56. The van der Waals surface area contributed by atoms with Crippen molar-refractivity contribution in [3.05, 3.63) is 0 Å². The lowest BCUT2D eigenvalue weighted by molar-refractivity contribution is -0.0345. The fourth-order valence-electron chi connectivity index (χ4n) is 7.01. The van der Waals surface area contributed by atoms with E-state index in [2.05, 4.69) is 55.4 Å². The number of rotatable bonds is 6. The van der Waals surface area contributed by atoms with Crippen LogP contribution >= 0.6 is 0 Å². The fraction of sp³-hybridized carbons (Fsp3) is 1.00. The standard InChI is InChI=1S/C22H42O2/c1-11(2)18(12(3)4)16-9-15-10-17(19(13(5)6)14(7)8)22(24)20(15)21(16)23/h11-24H,9-10H2,1-8H3/t15?,16-,17+,20?,21?,22?. The Bertz CT molecular complexity index is 349. The van der Waals surface area contributed by atoms with Crippen LogP contribution in [0.1, 0.15) is 68.2 Å². The molecule has 0 heterocycles. The van der Waals surface area contributed by atoms with E-state index in [1.54, 1.807) is 0 Å². The van der Waals surface area contributed by atoms with Gasteiger partial charge in [0, 0.05) is 5.92 Å². The molecule has 0 aromatic carbocycles. The molecule has 0 amide bonds. The molecular weight excluding hydrogens is 296 g/mol. The normalized spacial score (nSPS) is 37.0. The zero-order chi connectivity index (χ0) is 18.3. The highest BCUT2D eigenvalue weighted by Crippen LogP contribution is 2.56. The van der Waals surface area contributed by atoms with Crippen molar-refractivity contribution in [3.8, 4) is 0 Å². The molecule has 4 unspecified atom stereocenters. The van der Waals surface area contributed by atoms with E-state index in [9.17, 15) is 10.2 Å². The largest absolute Gasteiger partial charge is 0.392 e. The summed E-state index contributed by atoms with van der Waals surface area (Å²) in [5.74, 6) is 4.85. The van der Waals surface area contributed by atoms with Crippen LogP contribution < -0.4 is 0 Å². The molecule has 6 atom stereocenters. The minimum atomic E-state index is -0.315. The van der Waals surface area contributed by atoms with Gasteiger partial charge in [-0.25, -0.2) is 0 Å². The number of fused-ring (bicyclic) bond motifs is 1. The topological polar surface area (TPSA) is 40.5 Å². The van der Waals surface area contributed by atoms with Crippen LogP contribution in [0.4, 0.5) is 0 Å². The van der Waals surface area contributed by atoms with Crippen LogP contribution in [0, 0.1) is 59.2 Å². The molecular formula is C22H42O2. The third-order valence-corrected chi connectivity index (χ3v) is 7.43. The number of hydrogen-bond donors (Lipinski definition) is 2. The fourth-order valence-corrected chi connectivity index (χ4v) is 7.01. The quantitative estimate of drug-likeness (QED) is 0.728. The van der Waals surface area contributed by atoms with Crippen LogP contribution in [-0.4, -0.2) is 22.4 Å². The molecule has 0 spiro atoms. The van der Waals surface area contributed by atoms with E-state index >= 15 is 0 Å². The number of aliphatic hydroxyl groups excluding tert-OH is 2. The minimum Gasteiger partial charge on any atom is -0.392 e. The van der Waals surface area contributed by atoms with Crippen molar-refractivity contribution >= 4 is 0 Å². The summed E-state index contributed by atoms with van der Waals surface area (Å²) < 4.78 is 0. The molecule has 2 N–H and O–H groups in total. The van der Waals surface area contributed by atoms with E-state index in [0.717, 1.165) is 12.8 Å². The molecule has 0 radical (unpaired) electrons. The number of aliphatic hydroxyl groups is 2. The summed E-state index contributed by atoms with van der Waals surface area (Å²) in [6.45, 7) is 18.3. The smallest absolute Gasteiger partial charge is 0.0626 e. The highest BCUT2D eigenvalue weighted by atomic mass is 16.3. The van der Waals surface area contributed by atoms with Crippen LogP contribution in [0.25, 0.3) is 0 Å². The van der Waals surface area contributed by atoms with Gasteiger partial charge < -0.3 is 10.2 Å². The second-order valence-electron chi connectivity index (χ2n) is 10.2. The Morgan fingerprint density at radius 1 is 0.583 bits per heavy atom. The summed E-state index contributed by atoms with van der Waals surface area (Å²) in [7, 11) is 0. The molecule has 0 aliphatic heterocycles. The maximum atomic E-state index is 11.1. The van der Waals surface area contributed by atoms with Gasteiger partial charge in [-0.1, -0.05) is 55.4 Å². The molecule has 24 heavy (non-hydrogen) atoms. The first-order chi connectivity index (χ1) is 11.1. The van der Waals surface area contributed by atoms with Crippen LogP contribution in [0.2, 0.25) is 0 Å². The molecule has 0 saturated heterocycles. The zero-order valence-corrected chi connectivity index (χ0v) is 17.2. The van der Waals surface area contributed by atoms with E-state index in [4.69, 9.17) is 0 Å². The molecule has 2 saturated carbocycles. The first kappa shape index (κ1) is 20.2. The molecule has 2 aliphatic carbocycles. The van der Waals surface area contributed by atoms with Crippen molar-refractivity contribution < 1.29 is 10.2 Å². The van der Waals surface area contributed by atoms with Gasteiger partial charge in [-0.3, -0.25) is 0 Å². The first-order valence-electron chi connectivity index (χ1n) is 10.4. The summed E-state index contributed by atoms with van der Waals surface area (Å²) in [4.78, 5) is 0. The molecule has 142 valence electrons. The van der Waals surface area contributed by atoms with Crippen molar-refractivity contribution in [3.63, 3.8) is 0 Å². The van der Waals surface area contributed by atoms with Crippen molar-refractivity contribution in [2.45, 2.75) is 80.4 Å². The average Bonchev–Trinajstić information content (AvgIpc) is 2.88.